The van der Waals surface area contributed by atoms with Crippen LogP contribution in [0.3, 0.4) is 0 Å². The zero-order valence-electron chi connectivity index (χ0n) is 10.9. The summed E-state index contributed by atoms with van der Waals surface area (Å²) in [7, 11) is 3.17. The van der Waals surface area contributed by atoms with E-state index in [-0.39, 0.29) is 0 Å². The Kier molecular flexibility index (Phi) is 5.29. The smallest absolute Gasteiger partial charge is 0.184 e. The third-order valence-electron chi connectivity index (χ3n) is 2.66. The van der Waals surface area contributed by atoms with E-state index in [1.165, 1.54) is 0 Å². The van der Waals surface area contributed by atoms with Gasteiger partial charge in [0.1, 0.15) is 0 Å². The fraction of sp³-hybridized carbons (Fsp3) is 0.143. The molecule has 2 N–H and O–H groups in total. The van der Waals surface area contributed by atoms with Gasteiger partial charge in [-0.15, -0.1) is 0 Å². The summed E-state index contributed by atoms with van der Waals surface area (Å²) < 4.78 is 11.6. The number of benzene rings is 2. The second-order valence-corrected chi connectivity index (χ2v) is 6.57. The zero-order valence-corrected chi connectivity index (χ0v) is 14.7. The fourth-order valence-electron chi connectivity index (χ4n) is 1.70. The van der Waals surface area contributed by atoms with Gasteiger partial charge in [0.2, 0.25) is 0 Å². The molecule has 0 saturated carbocycles. The standard InChI is InChI=1S/C14H13ClINO2S/c1-18-10-4-6-12(13(17)14(10)19-2)20-11-5-3-8(15)7-9(11)16/h3-7H,17H2,1-2H3. The molecular weight excluding hydrogens is 409 g/mol. The molecule has 0 radical (unpaired) electrons. The highest BCUT2D eigenvalue weighted by molar-refractivity contribution is 14.1. The molecule has 0 spiro atoms. The summed E-state index contributed by atoms with van der Waals surface area (Å²) in [6, 6.07) is 9.53. The van der Waals surface area contributed by atoms with Gasteiger partial charge in [-0.3, -0.25) is 0 Å². The molecule has 0 aliphatic carbocycles. The Morgan fingerprint density at radius 3 is 2.40 bits per heavy atom. The first-order valence-electron chi connectivity index (χ1n) is 5.70. The lowest BCUT2D eigenvalue weighted by Crippen LogP contribution is -1.98. The monoisotopic (exact) mass is 421 g/mol. The van der Waals surface area contributed by atoms with Crippen LogP contribution < -0.4 is 15.2 Å². The van der Waals surface area contributed by atoms with Crippen LogP contribution in [0.25, 0.3) is 0 Å². The van der Waals surface area contributed by atoms with E-state index in [2.05, 4.69) is 22.6 Å². The third kappa shape index (κ3) is 3.27. The molecule has 0 amide bonds. The van der Waals surface area contributed by atoms with Crippen molar-refractivity contribution in [2.75, 3.05) is 20.0 Å². The summed E-state index contributed by atoms with van der Waals surface area (Å²) in [5.74, 6) is 1.18. The van der Waals surface area contributed by atoms with E-state index in [0.29, 0.717) is 17.2 Å². The number of anilines is 1. The van der Waals surface area contributed by atoms with Crippen molar-refractivity contribution in [3.63, 3.8) is 0 Å². The highest BCUT2D eigenvalue weighted by Gasteiger charge is 2.14. The van der Waals surface area contributed by atoms with Crippen molar-refractivity contribution >= 4 is 51.6 Å². The molecule has 0 aromatic heterocycles. The minimum Gasteiger partial charge on any atom is -0.493 e. The van der Waals surface area contributed by atoms with Crippen LogP contribution in [-0.4, -0.2) is 14.2 Å². The lowest BCUT2D eigenvalue weighted by Gasteiger charge is -2.14. The summed E-state index contributed by atoms with van der Waals surface area (Å²) in [6.07, 6.45) is 0. The first-order valence-corrected chi connectivity index (χ1v) is 7.97. The quantitative estimate of drug-likeness (QED) is 0.574. The number of hydrogen-bond acceptors (Lipinski definition) is 4. The Morgan fingerprint density at radius 2 is 1.80 bits per heavy atom. The molecule has 0 saturated heterocycles. The fourth-order valence-corrected chi connectivity index (χ4v) is 3.77. The maximum Gasteiger partial charge on any atom is 0.184 e. The number of ether oxygens (including phenoxy) is 2. The number of hydrogen-bond donors (Lipinski definition) is 1. The van der Waals surface area contributed by atoms with Crippen molar-refractivity contribution in [1.29, 1.82) is 0 Å². The summed E-state index contributed by atoms with van der Waals surface area (Å²) in [5.41, 5.74) is 6.72. The van der Waals surface area contributed by atoms with Crippen LogP contribution in [0, 0.1) is 3.57 Å². The SMILES string of the molecule is COc1ccc(Sc2ccc(Cl)cc2I)c(N)c1OC. The molecule has 2 aromatic carbocycles. The van der Waals surface area contributed by atoms with Crippen molar-refractivity contribution in [3.8, 4) is 11.5 Å². The van der Waals surface area contributed by atoms with E-state index < -0.39 is 0 Å². The summed E-state index contributed by atoms with van der Waals surface area (Å²) >= 11 is 9.79. The zero-order chi connectivity index (χ0) is 14.7. The molecule has 0 heterocycles. The number of nitrogen functional groups attached to an aromatic ring is 1. The lowest BCUT2D eigenvalue weighted by atomic mass is 10.3. The van der Waals surface area contributed by atoms with E-state index in [4.69, 9.17) is 26.8 Å². The van der Waals surface area contributed by atoms with Gasteiger partial charge in [0.15, 0.2) is 11.5 Å². The van der Waals surface area contributed by atoms with Crippen molar-refractivity contribution in [1.82, 2.24) is 0 Å². The van der Waals surface area contributed by atoms with Crippen molar-refractivity contribution in [2.24, 2.45) is 0 Å². The maximum absolute atomic E-state index is 6.14. The first-order chi connectivity index (χ1) is 9.56. The van der Waals surface area contributed by atoms with E-state index in [1.54, 1.807) is 26.0 Å². The van der Waals surface area contributed by atoms with Crippen LogP contribution in [0.15, 0.2) is 40.1 Å². The Hall–Kier alpha value is -0.790. The molecule has 20 heavy (non-hydrogen) atoms. The Bertz CT molecular complexity index is 637. The van der Waals surface area contributed by atoms with Gasteiger partial charge in [0.25, 0.3) is 0 Å². The second-order valence-electron chi connectivity index (χ2n) is 3.89. The van der Waals surface area contributed by atoms with Gasteiger partial charge < -0.3 is 15.2 Å². The van der Waals surface area contributed by atoms with Crippen LogP contribution in [0.5, 0.6) is 11.5 Å². The molecule has 0 aliphatic rings. The molecule has 0 bridgehead atoms. The number of nitrogens with two attached hydrogens (primary N) is 1. The van der Waals surface area contributed by atoms with Gasteiger partial charge in [-0.25, -0.2) is 0 Å². The van der Waals surface area contributed by atoms with Crippen LogP contribution in [-0.2, 0) is 0 Å². The van der Waals surface area contributed by atoms with Gasteiger partial charge in [0.05, 0.1) is 19.9 Å². The molecule has 106 valence electrons. The molecule has 2 aromatic rings. The molecular formula is C14H13ClINO2S. The lowest BCUT2D eigenvalue weighted by molar-refractivity contribution is 0.356. The topological polar surface area (TPSA) is 44.5 Å². The van der Waals surface area contributed by atoms with E-state index in [9.17, 15) is 0 Å². The van der Waals surface area contributed by atoms with Crippen molar-refractivity contribution in [2.45, 2.75) is 9.79 Å². The van der Waals surface area contributed by atoms with E-state index >= 15 is 0 Å². The van der Waals surface area contributed by atoms with Gasteiger partial charge in [-0.2, -0.15) is 0 Å². The summed E-state index contributed by atoms with van der Waals surface area (Å²) in [5, 5.41) is 0.721. The molecule has 0 atom stereocenters. The molecule has 0 unspecified atom stereocenters. The van der Waals surface area contributed by atoms with Crippen LogP contribution in [0.2, 0.25) is 5.02 Å². The normalized spacial score (nSPS) is 10.4. The predicted molar refractivity (Wildman–Crippen MR) is 92.3 cm³/mol. The Morgan fingerprint density at radius 1 is 1.10 bits per heavy atom. The molecule has 3 nitrogen and oxygen atoms in total. The maximum atomic E-state index is 6.14. The predicted octanol–water partition coefficient (Wildman–Crippen LogP) is 4.70. The number of halogens is 2. The summed E-state index contributed by atoms with van der Waals surface area (Å²) in [4.78, 5) is 2.01. The number of methoxy groups -OCH3 is 2. The summed E-state index contributed by atoms with van der Waals surface area (Å²) in [6.45, 7) is 0. The van der Waals surface area contributed by atoms with Crippen LogP contribution >= 0.6 is 46.0 Å². The van der Waals surface area contributed by atoms with E-state index in [0.717, 1.165) is 18.4 Å². The minimum absolute atomic E-state index is 0.557. The Balaban J connectivity index is 2.39. The van der Waals surface area contributed by atoms with Gasteiger partial charge in [-0.05, 0) is 52.9 Å². The van der Waals surface area contributed by atoms with E-state index in [1.807, 2.05) is 30.3 Å². The molecule has 0 aliphatic heterocycles. The number of rotatable bonds is 4. The first kappa shape index (κ1) is 15.6. The van der Waals surface area contributed by atoms with Crippen LogP contribution in [0.1, 0.15) is 0 Å². The third-order valence-corrected chi connectivity index (χ3v) is 5.30. The molecule has 2 rings (SSSR count). The van der Waals surface area contributed by atoms with Gasteiger partial charge in [-0.1, -0.05) is 23.4 Å². The van der Waals surface area contributed by atoms with Gasteiger partial charge >= 0.3 is 0 Å². The van der Waals surface area contributed by atoms with Gasteiger partial charge in [0, 0.05) is 18.4 Å². The average molecular weight is 422 g/mol. The molecule has 6 heteroatoms. The molecule has 0 fully saturated rings. The van der Waals surface area contributed by atoms with Crippen molar-refractivity contribution in [3.05, 3.63) is 38.9 Å². The second kappa shape index (κ2) is 6.78. The Labute approximate surface area is 140 Å². The minimum atomic E-state index is 0.557. The average Bonchev–Trinajstić information content (AvgIpc) is 2.43. The highest BCUT2D eigenvalue weighted by Crippen LogP contribution is 2.43. The van der Waals surface area contributed by atoms with Crippen molar-refractivity contribution < 1.29 is 9.47 Å². The van der Waals surface area contributed by atoms with Crippen LogP contribution in [0.4, 0.5) is 5.69 Å². The largest absolute Gasteiger partial charge is 0.493 e. The highest BCUT2D eigenvalue weighted by atomic mass is 127.